The van der Waals surface area contributed by atoms with Gasteiger partial charge in [-0.15, -0.1) is 0 Å². The first-order valence-electron chi connectivity index (χ1n) is 7.94. The van der Waals surface area contributed by atoms with Crippen molar-refractivity contribution in [1.82, 2.24) is 30.5 Å². The fraction of sp³-hybridized carbons (Fsp3) is 0.438. The van der Waals surface area contributed by atoms with Crippen LogP contribution >= 0.6 is 0 Å². The smallest absolute Gasteiger partial charge is 0.152 e. The van der Waals surface area contributed by atoms with Crippen LogP contribution in [0.5, 0.6) is 0 Å². The number of likely N-dealkylation sites (tertiary alicyclic amines) is 1. The highest BCUT2D eigenvalue weighted by Gasteiger charge is 2.35. The van der Waals surface area contributed by atoms with Gasteiger partial charge in [0.1, 0.15) is 11.5 Å². The number of hydrogen-bond acceptors (Lipinski definition) is 6. The first-order valence-corrected chi connectivity index (χ1v) is 7.94. The Morgan fingerprint density at radius 3 is 2.92 bits per heavy atom. The normalized spacial score (nSPS) is 21.6. The Balaban J connectivity index is 1.52. The summed E-state index contributed by atoms with van der Waals surface area (Å²) in [5.74, 6) is 1.92. The molecule has 24 heavy (non-hydrogen) atoms. The number of aromatic amines is 2. The van der Waals surface area contributed by atoms with Crippen molar-refractivity contribution >= 4 is 0 Å². The van der Waals surface area contributed by atoms with E-state index in [0.29, 0.717) is 0 Å². The van der Waals surface area contributed by atoms with Crippen LogP contribution in [0.2, 0.25) is 0 Å². The Morgan fingerprint density at radius 1 is 1.29 bits per heavy atom. The number of H-pyrrole nitrogens is 2. The van der Waals surface area contributed by atoms with Gasteiger partial charge in [-0.05, 0) is 19.1 Å². The number of aromatic nitrogens is 5. The van der Waals surface area contributed by atoms with E-state index < -0.39 is 0 Å². The first-order chi connectivity index (χ1) is 11.7. The van der Waals surface area contributed by atoms with Crippen molar-refractivity contribution in [3.8, 4) is 11.5 Å². The summed E-state index contributed by atoms with van der Waals surface area (Å²) in [6, 6.07) is 3.92. The Hall–Kier alpha value is -2.45. The molecule has 0 aromatic carbocycles. The molecule has 3 aromatic heterocycles. The van der Waals surface area contributed by atoms with E-state index in [0.717, 1.165) is 48.1 Å². The van der Waals surface area contributed by atoms with Crippen molar-refractivity contribution in [2.24, 2.45) is 0 Å². The fourth-order valence-electron chi connectivity index (χ4n) is 3.35. The van der Waals surface area contributed by atoms with Gasteiger partial charge in [0.2, 0.25) is 0 Å². The Morgan fingerprint density at radius 2 is 2.21 bits per heavy atom. The zero-order valence-electron chi connectivity index (χ0n) is 13.7. The van der Waals surface area contributed by atoms with Crippen LogP contribution < -0.4 is 0 Å². The minimum absolute atomic E-state index is 0.108. The standard InChI is InChI=1S/C16H20N6O2/c1-10-3-4-14(24-10)16-11(5-17-20-16)7-22-8-12(15(9-22)23-2)13-6-18-21-19-13/h3-6,12,15H,7-9H2,1-2H3,(H,17,20)(H,18,19,21)/t12-,15+/m0/s1. The summed E-state index contributed by atoms with van der Waals surface area (Å²) < 4.78 is 11.4. The predicted octanol–water partition coefficient (Wildman–Crippen LogP) is 1.71. The molecule has 0 amide bonds. The highest BCUT2D eigenvalue weighted by atomic mass is 16.5. The molecule has 4 rings (SSSR count). The highest BCUT2D eigenvalue weighted by molar-refractivity contribution is 5.56. The predicted molar refractivity (Wildman–Crippen MR) is 86.2 cm³/mol. The van der Waals surface area contributed by atoms with Gasteiger partial charge in [-0.2, -0.15) is 20.5 Å². The summed E-state index contributed by atoms with van der Waals surface area (Å²) in [6.45, 7) is 4.42. The second kappa shape index (κ2) is 6.21. The molecule has 0 unspecified atom stereocenters. The van der Waals surface area contributed by atoms with E-state index in [-0.39, 0.29) is 12.0 Å². The quantitative estimate of drug-likeness (QED) is 0.740. The largest absolute Gasteiger partial charge is 0.460 e. The van der Waals surface area contributed by atoms with Crippen LogP contribution in [-0.4, -0.2) is 56.8 Å². The van der Waals surface area contributed by atoms with Gasteiger partial charge in [0, 0.05) is 38.2 Å². The maximum absolute atomic E-state index is 5.72. The molecule has 2 N–H and O–H groups in total. The number of methoxy groups -OCH3 is 1. The molecule has 4 heterocycles. The molecule has 0 radical (unpaired) electrons. The van der Waals surface area contributed by atoms with E-state index >= 15 is 0 Å². The van der Waals surface area contributed by atoms with Gasteiger partial charge in [-0.1, -0.05) is 0 Å². The lowest BCUT2D eigenvalue weighted by Gasteiger charge is -2.14. The monoisotopic (exact) mass is 328 g/mol. The lowest BCUT2D eigenvalue weighted by molar-refractivity contribution is 0.0957. The molecular formula is C16H20N6O2. The lowest BCUT2D eigenvalue weighted by atomic mass is 10.0. The molecule has 8 nitrogen and oxygen atoms in total. The molecule has 0 spiro atoms. The van der Waals surface area contributed by atoms with Gasteiger partial charge in [0.05, 0.1) is 24.2 Å². The molecule has 1 aliphatic rings. The van der Waals surface area contributed by atoms with Gasteiger partial charge >= 0.3 is 0 Å². The summed E-state index contributed by atoms with van der Waals surface area (Å²) in [7, 11) is 1.75. The minimum Gasteiger partial charge on any atom is -0.460 e. The van der Waals surface area contributed by atoms with Crippen LogP contribution in [0.15, 0.2) is 28.9 Å². The number of hydrogen-bond donors (Lipinski definition) is 2. The topological polar surface area (TPSA) is 95.9 Å². The molecule has 2 atom stereocenters. The summed E-state index contributed by atoms with van der Waals surface area (Å²) in [5, 5.41) is 18.0. The zero-order chi connectivity index (χ0) is 16.5. The number of aryl methyl sites for hydroxylation is 1. The number of nitrogens with zero attached hydrogens (tertiary/aromatic N) is 4. The Kier molecular flexibility index (Phi) is 3.91. The van der Waals surface area contributed by atoms with Crippen LogP contribution in [-0.2, 0) is 11.3 Å². The van der Waals surface area contributed by atoms with Gasteiger partial charge in [-0.3, -0.25) is 10.00 Å². The van der Waals surface area contributed by atoms with Crippen LogP contribution in [0.25, 0.3) is 11.5 Å². The average Bonchev–Trinajstić information content (AvgIpc) is 3.34. The molecule has 0 aliphatic carbocycles. The van der Waals surface area contributed by atoms with Crippen molar-refractivity contribution in [3.05, 3.63) is 41.5 Å². The third-order valence-corrected chi connectivity index (χ3v) is 4.56. The van der Waals surface area contributed by atoms with Crippen molar-refractivity contribution in [2.75, 3.05) is 20.2 Å². The van der Waals surface area contributed by atoms with Gasteiger partial charge in [0.15, 0.2) is 5.76 Å². The first kappa shape index (κ1) is 15.1. The van der Waals surface area contributed by atoms with Crippen molar-refractivity contribution in [1.29, 1.82) is 0 Å². The molecule has 1 fully saturated rings. The molecule has 8 heteroatoms. The van der Waals surface area contributed by atoms with E-state index in [1.165, 1.54) is 0 Å². The van der Waals surface area contributed by atoms with Crippen LogP contribution in [0.4, 0.5) is 0 Å². The second-order valence-corrected chi connectivity index (χ2v) is 6.15. The Bertz CT molecular complexity index is 793. The zero-order valence-corrected chi connectivity index (χ0v) is 13.7. The Labute approximate surface area is 139 Å². The molecule has 1 aliphatic heterocycles. The maximum atomic E-state index is 5.72. The van der Waals surface area contributed by atoms with Crippen molar-refractivity contribution < 1.29 is 9.15 Å². The number of nitrogens with one attached hydrogen (secondary N) is 2. The second-order valence-electron chi connectivity index (χ2n) is 6.15. The third kappa shape index (κ3) is 2.74. The minimum atomic E-state index is 0.108. The SMILES string of the molecule is CO[C@@H]1CN(Cc2cn[nH]c2-c2ccc(C)o2)C[C@H]1c1cn[nH]n1. The summed E-state index contributed by atoms with van der Waals surface area (Å²) >= 11 is 0. The highest BCUT2D eigenvalue weighted by Crippen LogP contribution is 2.31. The van der Waals surface area contributed by atoms with E-state index in [2.05, 4.69) is 30.5 Å². The van der Waals surface area contributed by atoms with E-state index in [1.807, 2.05) is 25.3 Å². The van der Waals surface area contributed by atoms with E-state index in [1.54, 1.807) is 13.3 Å². The number of ether oxygens (including phenoxy) is 1. The summed E-state index contributed by atoms with van der Waals surface area (Å²) in [5.41, 5.74) is 2.99. The fourth-order valence-corrected chi connectivity index (χ4v) is 3.35. The molecule has 0 bridgehead atoms. The average molecular weight is 328 g/mol. The van der Waals surface area contributed by atoms with Gasteiger partial charge < -0.3 is 9.15 Å². The van der Waals surface area contributed by atoms with E-state index in [9.17, 15) is 0 Å². The summed E-state index contributed by atoms with van der Waals surface area (Å²) in [6.07, 6.45) is 3.74. The number of furan rings is 1. The molecule has 1 saturated heterocycles. The van der Waals surface area contributed by atoms with Crippen LogP contribution in [0.3, 0.4) is 0 Å². The van der Waals surface area contributed by atoms with Crippen LogP contribution in [0, 0.1) is 6.92 Å². The molecule has 126 valence electrons. The van der Waals surface area contributed by atoms with Crippen molar-refractivity contribution in [3.63, 3.8) is 0 Å². The lowest BCUT2D eigenvalue weighted by Crippen LogP contribution is -2.22. The molecule has 0 saturated carbocycles. The number of rotatable bonds is 5. The van der Waals surface area contributed by atoms with E-state index in [4.69, 9.17) is 9.15 Å². The van der Waals surface area contributed by atoms with Crippen LogP contribution in [0.1, 0.15) is 22.9 Å². The van der Waals surface area contributed by atoms with Gasteiger partial charge in [-0.25, -0.2) is 0 Å². The van der Waals surface area contributed by atoms with Gasteiger partial charge in [0.25, 0.3) is 0 Å². The molecule has 3 aromatic rings. The maximum Gasteiger partial charge on any atom is 0.152 e. The van der Waals surface area contributed by atoms with Crippen molar-refractivity contribution in [2.45, 2.75) is 25.5 Å². The summed E-state index contributed by atoms with van der Waals surface area (Å²) in [4.78, 5) is 2.34. The third-order valence-electron chi connectivity index (χ3n) is 4.56. The molecular weight excluding hydrogens is 308 g/mol.